The van der Waals surface area contributed by atoms with E-state index in [-0.39, 0.29) is 6.04 Å². The van der Waals surface area contributed by atoms with Gasteiger partial charge in [-0.1, -0.05) is 24.3 Å². The number of nitrogens with zero attached hydrogens (tertiary/aromatic N) is 1. The molecule has 0 spiro atoms. The number of pyridine rings is 1. The third-order valence-electron chi connectivity index (χ3n) is 3.45. The van der Waals surface area contributed by atoms with Crippen molar-refractivity contribution in [3.63, 3.8) is 0 Å². The first-order chi connectivity index (χ1) is 9.29. The molecule has 3 rings (SSSR count). The second-order valence-electron chi connectivity index (χ2n) is 4.83. The molecule has 1 atom stereocenters. The van der Waals surface area contributed by atoms with Crippen molar-refractivity contribution in [3.8, 4) is 5.75 Å². The Balaban J connectivity index is 2.06. The summed E-state index contributed by atoms with van der Waals surface area (Å²) in [6.45, 7) is 2.77. The van der Waals surface area contributed by atoms with Crippen LogP contribution in [-0.4, -0.2) is 11.6 Å². The Hall–Kier alpha value is -1.91. The predicted molar refractivity (Wildman–Crippen MR) is 73.8 cm³/mol. The summed E-state index contributed by atoms with van der Waals surface area (Å²) in [4.78, 5) is 4.24. The molecule has 0 bridgehead atoms. The van der Waals surface area contributed by atoms with E-state index in [1.807, 2.05) is 19.3 Å². The van der Waals surface area contributed by atoms with E-state index >= 15 is 0 Å². The third kappa shape index (κ3) is 2.20. The Morgan fingerprint density at radius 3 is 3.05 bits per heavy atom. The first kappa shape index (κ1) is 12.1. The van der Waals surface area contributed by atoms with Gasteiger partial charge < -0.3 is 4.74 Å². The lowest BCUT2D eigenvalue weighted by molar-refractivity contribution is 0.350. The number of benzene rings is 1. The lowest BCUT2D eigenvalue weighted by atomic mass is 9.97. The molecule has 2 aromatic rings. The number of hydrogen-bond donors (Lipinski definition) is 2. The topological polar surface area (TPSA) is 60.2 Å². The number of rotatable bonds is 3. The SMILES string of the molecule is Cc1cncc(C(NN)c2cccc3c2OCC3)c1. The average Bonchev–Trinajstić information content (AvgIpc) is 2.89. The zero-order valence-electron chi connectivity index (χ0n) is 10.9. The molecule has 1 aliphatic heterocycles. The minimum atomic E-state index is -0.0968. The molecular weight excluding hydrogens is 238 g/mol. The van der Waals surface area contributed by atoms with Crippen molar-refractivity contribution in [3.05, 3.63) is 58.9 Å². The second kappa shape index (κ2) is 4.99. The number of aromatic nitrogens is 1. The standard InChI is InChI=1S/C15H17N3O/c1-10-7-12(9-17-8-10)14(18-16)13-4-2-3-11-5-6-19-15(11)13/h2-4,7-9,14,18H,5-6,16H2,1H3. The van der Waals surface area contributed by atoms with Crippen LogP contribution in [0.15, 0.2) is 36.7 Å². The maximum atomic E-state index is 5.75. The number of ether oxygens (including phenoxy) is 1. The van der Waals surface area contributed by atoms with Crippen LogP contribution in [0.5, 0.6) is 5.75 Å². The van der Waals surface area contributed by atoms with Crippen LogP contribution in [0.25, 0.3) is 0 Å². The molecule has 19 heavy (non-hydrogen) atoms. The molecular formula is C15H17N3O. The molecule has 0 saturated heterocycles. The number of para-hydroxylation sites is 1. The van der Waals surface area contributed by atoms with Crippen LogP contribution in [0.3, 0.4) is 0 Å². The molecule has 0 saturated carbocycles. The first-order valence-corrected chi connectivity index (χ1v) is 6.42. The van der Waals surface area contributed by atoms with Crippen LogP contribution in [0, 0.1) is 6.92 Å². The molecule has 1 unspecified atom stereocenters. The maximum Gasteiger partial charge on any atom is 0.127 e. The van der Waals surface area contributed by atoms with Crippen molar-refractivity contribution < 1.29 is 4.74 Å². The highest BCUT2D eigenvalue weighted by molar-refractivity contribution is 5.48. The van der Waals surface area contributed by atoms with Crippen LogP contribution in [0.2, 0.25) is 0 Å². The van der Waals surface area contributed by atoms with Crippen LogP contribution < -0.4 is 16.0 Å². The van der Waals surface area contributed by atoms with Crippen molar-refractivity contribution in [2.75, 3.05) is 6.61 Å². The highest BCUT2D eigenvalue weighted by atomic mass is 16.5. The van der Waals surface area contributed by atoms with E-state index in [1.54, 1.807) is 0 Å². The minimum absolute atomic E-state index is 0.0968. The van der Waals surface area contributed by atoms with Gasteiger partial charge in [-0.3, -0.25) is 10.8 Å². The molecule has 0 aliphatic carbocycles. The van der Waals surface area contributed by atoms with Gasteiger partial charge in [0, 0.05) is 24.4 Å². The van der Waals surface area contributed by atoms with E-state index in [2.05, 4.69) is 34.7 Å². The minimum Gasteiger partial charge on any atom is -0.493 e. The van der Waals surface area contributed by atoms with Gasteiger partial charge in [-0.05, 0) is 23.6 Å². The van der Waals surface area contributed by atoms with E-state index in [4.69, 9.17) is 10.6 Å². The van der Waals surface area contributed by atoms with E-state index in [9.17, 15) is 0 Å². The molecule has 0 amide bonds. The summed E-state index contributed by atoms with van der Waals surface area (Å²) in [5, 5.41) is 0. The van der Waals surface area contributed by atoms with E-state index < -0.39 is 0 Å². The summed E-state index contributed by atoms with van der Waals surface area (Å²) in [5.41, 5.74) is 7.36. The van der Waals surface area contributed by atoms with E-state index in [1.165, 1.54) is 5.56 Å². The van der Waals surface area contributed by atoms with Gasteiger partial charge in [0.1, 0.15) is 5.75 Å². The van der Waals surface area contributed by atoms with Crippen LogP contribution in [0.1, 0.15) is 28.3 Å². The molecule has 4 nitrogen and oxygen atoms in total. The molecule has 3 N–H and O–H groups in total. The number of fused-ring (bicyclic) bond motifs is 1. The Morgan fingerprint density at radius 2 is 2.26 bits per heavy atom. The summed E-state index contributed by atoms with van der Waals surface area (Å²) < 4.78 is 5.75. The fourth-order valence-electron chi connectivity index (χ4n) is 2.57. The summed E-state index contributed by atoms with van der Waals surface area (Å²) in [6, 6.07) is 8.20. The van der Waals surface area contributed by atoms with Crippen molar-refractivity contribution in [2.24, 2.45) is 5.84 Å². The summed E-state index contributed by atoms with van der Waals surface area (Å²) in [6.07, 6.45) is 4.64. The lowest BCUT2D eigenvalue weighted by Crippen LogP contribution is -2.29. The lowest BCUT2D eigenvalue weighted by Gasteiger charge is -2.19. The fourth-order valence-corrected chi connectivity index (χ4v) is 2.57. The van der Waals surface area contributed by atoms with Crippen molar-refractivity contribution in [1.82, 2.24) is 10.4 Å². The zero-order chi connectivity index (χ0) is 13.2. The summed E-state index contributed by atoms with van der Waals surface area (Å²) in [5.74, 6) is 6.71. The first-order valence-electron chi connectivity index (χ1n) is 6.42. The van der Waals surface area contributed by atoms with Crippen LogP contribution >= 0.6 is 0 Å². The highest BCUT2D eigenvalue weighted by Gasteiger charge is 2.22. The molecule has 0 radical (unpaired) electrons. The predicted octanol–water partition coefficient (Wildman–Crippen LogP) is 1.88. The van der Waals surface area contributed by atoms with Crippen molar-refractivity contribution in [2.45, 2.75) is 19.4 Å². The number of aryl methyl sites for hydroxylation is 1. The largest absolute Gasteiger partial charge is 0.493 e. The Kier molecular flexibility index (Phi) is 3.19. The molecule has 98 valence electrons. The fraction of sp³-hybridized carbons (Fsp3) is 0.267. The molecule has 2 heterocycles. The summed E-state index contributed by atoms with van der Waals surface area (Å²) >= 11 is 0. The number of nitrogens with two attached hydrogens (primary N) is 1. The van der Waals surface area contributed by atoms with Crippen molar-refractivity contribution >= 4 is 0 Å². The molecule has 0 fully saturated rings. The van der Waals surface area contributed by atoms with Gasteiger partial charge in [0.25, 0.3) is 0 Å². The van der Waals surface area contributed by atoms with Crippen molar-refractivity contribution in [1.29, 1.82) is 0 Å². The van der Waals surface area contributed by atoms with Gasteiger partial charge in [-0.2, -0.15) is 0 Å². The maximum absolute atomic E-state index is 5.75. The number of hydrogen-bond acceptors (Lipinski definition) is 4. The Morgan fingerprint density at radius 1 is 1.37 bits per heavy atom. The zero-order valence-corrected chi connectivity index (χ0v) is 10.9. The number of hydrazine groups is 1. The monoisotopic (exact) mass is 255 g/mol. The second-order valence-corrected chi connectivity index (χ2v) is 4.83. The van der Waals surface area contributed by atoms with Crippen LogP contribution in [-0.2, 0) is 6.42 Å². The molecule has 1 aliphatic rings. The van der Waals surface area contributed by atoms with Gasteiger partial charge in [-0.25, -0.2) is 5.43 Å². The highest BCUT2D eigenvalue weighted by Crippen LogP contribution is 2.35. The molecule has 4 heteroatoms. The molecule has 1 aromatic heterocycles. The van der Waals surface area contributed by atoms with Gasteiger partial charge in [0.05, 0.1) is 12.6 Å². The Bertz CT molecular complexity index is 598. The van der Waals surface area contributed by atoms with Gasteiger partial charge in [0.15, 0.2) is 0 Å². The Labute approximate surface area is 112 Å². The molecule has 1 aromatic carbocycles. The average molecular weight is 255 g/mol. The number of nitrogens with one attached hydrogen (secondary N) is 1. The van der Waals surface area contributed by atoms with Crippen LogP contribution in [0.4, 0.5) is 0 Å². The van der Waals surface area contributed by atoms with Gasteiger partial charge in [-0.15, -0.1) is 0 Å². The normalized spacial score (nSPS) is 14.8. The summed E-state index contributed by atoms with van der Waals surface area (Å²) in [7, 11) is 0. The quantitative estimate of drug-likeness (QED) is 0.649. The smallest absolute Gasteiger partial charge is 0.127 e. The van der Waals surface area contributed by atoms with E-state index in [0.29, 0.717) is 0 Å². The van der Waals surface area contributed by atoms with Gasteiger partial charge in [0.2, 0.25) is 0 Å². The van der Waals surface area contributed by atoms with E-state index in [0.717, 1.165) is 35.5 Å². The third-order valence-corrected chi connectivity index (χ3v) is 3.45. The van der Waals surface area contributed by atoms with Gasteiger partial charge >= 0.3 is 0 Å².